The average molecular weight is 328 g/mol. The van der Waals surface area contributed by atoms with Crippen LogP contribution in [0.15, 0.2) is 18.3 Å². The molecule has 7 heteroatoms. The summed E-state index contributed by atoms with van der Waals surface area (Å²) in [5, 5.41) is 16.8. The molecule has 0 radical (unpaired) electrons. The summed E-state index contributed by atoms with van der Waals surface area (Å²) >= 11 is 1.37. The quantitative estimate of drug-likeness (QED) is 0.797. The van der Waals surface area contributed by atoms with E-state index in [4.69, 9.17) is 5.73 Å². The van der Waals surface area contributed by atoms with Crippen LogP contribution in [0.3, 0.4) is 0 Å². The molecule has 0 saturated heterocycles. The molecule has 1 saturated carbocycles. The van der Waals surface area contributed by atoms with E-state index >= 15 is 0 Å². The molecule has 23 heavy (non-hydrogen) atoms. The Morgan fingerprint density at radius 2 is 2.17 bits per heavy atom. The lowest BCUT2D eigenvalue weighted by molar-refractivity contribution is 0.404. The third kappa shape index (κ3) is 3.78. The molecule has 0 unspecified atom stereocenters. The number of rotatable bonds is 4. The molecule has 2 aromatic rings. The number of nitrogens with two attached hydrogens (primary N) is 1. The number of hydrogen-bond acceptors (Lipinski definition) is 7. The monoisotopic (exact) mass is 328 g/mol. The van der Waals surface area contributed by atoms with Gasteiger partial charge in [0.2, 0.25) is 0 Å². The van der Waals surface area contributed by atoms with E-state index in [9.17, 15) is 5.26 Å². The van der Waals surface area contributed by atoms with Gasteiger partial charge in [-0.1, -0.05) is 12.8 Å². The Morgan fingerprint density at radius 3 is 2.87 bits per heavy atom. The molecule has 2 aromatic heterocycles. The van der Waals surface area contributed by atoms with E-state index in [0.717, 1.165) is 29.2 Å². The van der Waals surface area contributed by atoms with E-state index in [2.05, 4.69) is 26.1 Å². The first-order chi connectivity index (χ1) is 11.2. The Labute approximate surface area is 139 Å². The van der Waals surface area contributed by atoms with Gasteiger partial charge in [0, 0.05) is 12.1 Å². The van der Waals surface area contributed by atoms with E-state index in [0.29, 0.717) is 11.4 Å². The molecule has 1 aliphatic carbocycles. The van der Waals surface area contributed by atoms with Crippen molar-refractivity contribution in [3.8, 4) is 6.07 Å². The fraction of sp³-hybridized carbons (Fsp3) is 0.438. The van der Waals surface area contributed by atoms with Gasteiger partial charge in [0.25, 0.3) is 0 Å². The zero-order valence-electron chi connectivity index (χ0n) is 13.0. The van der Waals surface area contributed by atoms with Crippen LogP contribution in [-0.2, 0) is 0 Å². The van der Waals surface area contributed by atoms with Crippen LogP contribution < -0.4 is 16.4 Å². The predicted octanol–water partition coefficient (Wildman–Crippen LogP) is 3.14. The highest BCUT2D eigenvalue weighted by Crippen LogP contribution is 2.27. The number of nitrogens with one attached hydrogen (secondary N) is 2. The van der Waals surface area contributed by atoms with Gasteiger partial charge in [0.15, 0.2) is 5.69 Å². The van der Waals surface area contributed by atoms with Crippen molar-refractivity contribution in [1.29, 1.82) is 5.26 Å². The van der Waals surface area contributed by atoms with Crippen molar-refractivity contribution in [3.05, 3.63) is 29.7 Å². The van der Waals surface area contributed by atoms with E-state index < -0.39 is 0 Å². The van der Waals surface area contributed by atoms with Crippen LogP contribution in [0.2, 0.25) is 0 Å². The normalized spacial score (nSPS) is 20.7. The van der Waals surface area contributed by atoms with Crippen molar-refractivity contribution in [2.45, 2.75) is 44.7 Å². The number of nitriles is 1. The van der Waals surface area contributed by atoms with Crippen molar-refractivity contribution >= 4 is 27.9 Å². The van der Waals surface area contributed by atoms with Gasteiger partial charge < -0.3 is 16.4 Å². The van der Waals surface area contributed by atoms with Gasteiger partial charge in [0.1, 0.15) is 11.1 Å². The molecule has 0 aromatic carbocycles. The summed E-state index contributed by atoms with van der Waals surface area (Å²) in [5.41, 5.74) is 9.08. The summed E-state index contributed by atoms with van der Waals surface area (Å²) < 4.78 is 4.24. The summed E-state index contributed by atoms with van der Waals surface area (Å²) in [6.45, 7) is 1.94. The predicted molar refractivity (Wildman–Crippen MR) is 92.9 cm³/mol. The standard InChI is InChI=1S/C16H20N6S/c1-10-6-16(23-22-10)21-14-7-11(9-19-15(14)8-17)20-13-5-3-2-4-12(13)18/h6-7,9,12-13,20-21H,2-5,18H2,1H3/t12-,13+/m0/s1. The lowest BCUT2D eigenvalue weighted by Crippen LogP contribution is -2.42. The number of hydrogen-bond donors (Lipinski definition) is 3. The van der Waals surface area contributed by atoms with Crippen LogP contribution in [0.25, 0.3) is 0 Å². The van der Waals surface area contributed by atoms with Crippen LogP contribution in [0.1, 0.15) is 37.1 Å². The number of pyridine rings is 1. The number of anilines is 3. The first-order valence-electron chi connectivity index (χ1n) is 7.78. The minimum absolute atomic E-state index is 0.167. The molecule has 120 valence electrons. The van der Waals surface area contributed by atoms with Gasteiger partial charge in [-0.15, -0.1) is 0 Å². The Morgan fingerprint density at radius 1 is 1.35 bits per heavy atom. The summed E-state index contributed by atoms with van der Waals surface area (Å²) in [6.07, 6.45) is 6.20. The lowest BCUT2D eigenvalue weighted by atomic mass is 9.91. The minimum Gasteiger partial charge on any atom is -0.379 e. The zero-order chi connectivity index (χ0) is 16.2. The zero-order valence-corrected chi connectivity index (χ0v) is 13.9. The number of aromatic nitrogens is 2. The Bertz CT molecular complexity index is 720. The van der Waals surface area contributed by atoms with Crippen molar-refractivity contribution in [2.75, 3.05) is 10.6 Å². The van der Waals surface area contributed by atoms with Crippen LogP contribution in [0.4, 0.5) is 16.4 Å². The fourth-order valence-corrected chi connectivity index (χ4v) is 3.51. The van der Waals surface area contributed by atoms with Gasteiger partial charge >= 0.3 is 0 Å². The number of aryl methyl sites for hydroxylation is 1. The molecule has 0 amide bonds. The van der Waals surface area contributed by atoms with Crippen LogP contribution >= 0.6 is 11.5 Å². The molecule has 0 bridgehead atoms. The molecule has 2 heterocycles. The van der Waals surface area contributed by atoms with Gasteiger partial charge in [-0.25, -0.2) is 4.98 Å². The molecule has 1 aliphatic rings. The van der Waals surface area contributed by atoms with Gasteiger partial charge in [-0.2, -0.15) is 9.64 Å². The first-order valence-corrected chi connectivity index (χ1v) is 8.55. The largest absolute Gasteiger partial charge is 0.379 e. The second-order valence-electron chi connectivity index (χ2n) is 5.89. The van der Waals surface area contributed by atoms with Gasteiger partial charge in [-0.05, 0) is 43.4 Å². The summed E-state index contributed by atoms with van der Waals surface area (Å²) in [4.78, 5) is 4.25. The maximum atomic E-state index is 9.25. The van der Waals surface area contributed by atoms with Crippen molar-refractivity contribution in [3.63, 3.8) is 0 Å². The van der Waals surface area contributed by atoms with Crippen LogP contribution in [-0.4, -0.2) is 21.4 Å². The molecule has 0 aliphatic heterocycles. The first kappa shape index (κ1) is 15.7. The molecule has 4 N–H and O–H groups in total. The highest BCUT2D eigenvalue weighted by molar-refractivity contribution is 7.10. The maximum absolute atomic E-state index is 9.25. The number of nitrogens with zero attached hydrogens (tertiary/aromatic N) is 3. The Kier molecular flexibility index (Phi) is 4.74. The molecule has 6 nitrogen and oxygen atoms in total. The van der Waals surface area contributed by atoms with Gasteiger partial charge in [0.05, 0.1) is 23.3 Å². The molecule has 0 spiro atoms. The second-order valence-corrected chi connectivity index (χ2v) is 6.69. The third-order valence-electron chi connectivity index (χ3n) is 4.05. The van der Waals surface area contributed by atoms with Crippen LogP contribution in [0, 0.1) is 18.3 Å². The molecule has 1 fully saturated rings. The highest BCUT2D eigenvalue weighted by atomic mass is 32.1. The van der Waals surface area contributed by atoms with Crippen molar-refractivity contribution in [2.24, 2.45) is 5.73 Å². The average Bonchev–Trinajstić information content (AvgIpc) is 2.95. The summed E-state index contributed by atoms with van der Waals surface area (Å²) in [6, 6.07) is 6.41. The Balaban J connectivity index is 1.79. The van der Waals surface area contributed by atoms with Crippen molar-refractivity contribution in [1.82, 2.24) is 9.36 Å². The van der Waals surface area contributed by atoms with Crippen LogP contribution in [0.5, 0.6) is 0 Å². The topological polar surface area (TPSA) is 99.6 Å². The van der Waals surface area contributed by atoms with Crippen molar-refractivity contribution < 1.29 is 0 Å². The second kappa shape index (κ2) is 6.94. The Hall–Kier alpha value is -2.17. The van der Waals surface area contributed by atoms with E-state index in [1.807, 2.05) is 19.1 Å². The fourth-order valence-electron chi connectivity index (χ4n) is 2.84. The molecular weight excluding hydrogens is 308 g/mol. The van der Waals surface area contributed by atoms with E-state index in [-0.39, 0.29) is 12.1 Å². The smallest absolute Gasteiger partial charge is 0.164 e. The molecular formula is C16H20N6S. The van der Waals surface area contributed by atoms with E-state index in [1.165, 1.54) is 24.4 Å². The summed E-state index contributed by atoms with van der Waals surface area (Å²) in [7, 11) is 0. The maximum Gasteiger partial charge on any atom is 0.164 e. The third-order valence-corrected chi connectivity index (χ3v) is 4.85. The van der Waals surface area contributed by atoms with E-state index in [1.54, 1.807) is 6.20 Å². The summed E-state index contributed by atoms with van der Waals surface area (Å²) in [5.74, 6) is 0. The molecule has 2 atom stereocenters. The van der Waals surface area contributed by atoms with Gasteiger partial charge in [-0.3, -0.25) is 0 Å². The highest BCUT2D eigenvalue weighted by Gasteiger charge is 2.21. The molecule has 3 rings (SSSR count). The SMILES string of the molecule is Cc1cc(Nc2cc(N[C@@H]3CCCC[C@@H]3N)cnc2C#N)sn1. The minimum atomic E-state index is 0.167. The lowest BCUT2D eigenvalue weighted by Gasteiger charge is -2.30.